The number of benzene rings is 1. The molecule has 0 bridgehead atoms. The molecule has 0 radical (unpaired) electrons. The summed E-state index contributed by atoms with van der Waals surface area (Å²) in [5.74, 6) is -0.262. The number of ketones is 1. The first-order valence-electron chi connectivity index (χ1n) is 8.55. The van der Waals surface area contributed by atoms with Crippen molar-refractivity contribution in [1.82, 2.24) is 0 Å². The zero-order chi connectivity index (χ0) is 17.7. The first-order chi connectivity index (χ1) is 10.7. The molecule has 0 heterocycles. The first kappa shape index (κ1) is 20.1. The van der Waals surface area contributed by atoms with Crippen molar-refractivity contribution in [1.29, 1.82) is 0 Å². The lowest BCUT2D eigenvalue weighted by atomic mass is 9.89. The van der Waals surface area contributed by atoms with E-state index in [0.717, 1.165) is 23.7 Å². The van der Waals surface area contributed by atoms with E-state index < -0.39 is 12.5 Å². The standard InChI is InChI=1S/C19H31O3P/c1-7-9-14-22-23(21,18-13-11-10-12-15(18)3)19(6,8-2)16(4)17(5)20/h10-13,16H,7-9,14H2,1-6H3. The van der Waals surface area contributed by atoms with Gasteiger partial charge in [0.15, 0.2) is 0 Å². The number of carbonyl (C=O) groups is 1. The smallest absolute Gasteiger partial charge is 0.238 e. The van der Waals surface area contributed by atoms with Crippen molar-refractivity contribution in [2.45, 2.75) is 66.0 Å². The number of unbranched alkanes of at least 4 members (excludes halogenated alkanes) is 1. The van der Waals surface area contributed by atoms with E-state index in [4.69, 9.17) is 4.52 Å². The van der Waals surface area contributed by atoms with E-state index in [-0.39, 0.29) is 11.7 Å². The maximum absolute atomic E-state index is 14.1. The summed E-state index contributed by atoms with van der Waals surface area (Å²) in [6.45, 7) is 11.9. The number of hydrogen-bond donors (Lipinski definition) is 0. The summed E-state index contributed by atoms with van der Waals surface area (Å²) in [6.07, 6.45) is 2.48. The predicted octanol–water partition coefficient (Wildman–Crippen LogP) is 5.11. The van der Waals surface area contributed by atoms with Crippen LogP contribution in [0.15, 0.2) is 24.3 Å². The van der Waals surface area contributed by atoms with Crippen molar-refractivity contribution in [2.75, 3.05) is 6.61 Å². The molecule has 3 atom stereocenters. The Kier molecular flexibility index (Phi) is 7.23. The van der Waals surface area contributed by atoms with Crippen LogP contribution in [0.2, 0.25) is 0 Å². The largest absolute Gasteiger partial charge is 0.325 e. The molecule has 0 spiro atoms. The molecule has 0 amide bonds. The van der Waals surface area contributed by atoms with Crippen LogP contribution >= 0.6 is 7.37 Å². The highest BCUT2D eigenvalue weighted by Crippen LogP contribution is 2.63. The summed E-state index contributed by atoms with van der Waals surface area (Å²) >= 11 is 0. The summed E-state index contributed by atoms with van der Waals surface area (Å²) in [4.78, 5) is 12.1. The van der Waals surface area contributed by atoms with Gasteiger partial charge in [-0.25, -0.2) is 0 Å². The van der Waals surface area contributed by atoms with E-state index in [1.54, 1.807) is 6.92 Å². The van der Waals surface area contributed by atoms with E-state index in [0.29, 0.717) is 13.0 Å². The van der Waals surface area contributed by atoms with Gasteiger partial charge in [0.05, 0.1) is 11.8 Å². The molecule has 1 aromatic carbocycles. The van der Waals surface area contributed by atoms with Crippen LogP contribution in [0, 0.1) is 12.8 Å². The molecule has 0 aliphatic carbocycles. The van der Waals surface area contributed by atoms with Crippen molar-refractivity contribution in [2.24, 2.45) is 5.92 Å². The Hall–Kier alpha value is -0.920. The summed E-state index contributed by atoms with van der Waals surface area (Å²) in [7, 11) is -3.19. The predicted molar refractivity (Wildman–Crippen MR) is 97.8 cm³/mol. The number of carbonyl (C=O) groups excluding carboxylic acids is 1. The second kappa shape index (κ2) is 8.26. The highest BCUT2D eigenvalue weighted by atomic mass is 31.2. The van der Waals surface area contributed by atoms with Crippen molar-refractivity contribution >= 4 is 18.5 Å². The van der Waals surface area contributed by atoms with Crippen molar-refractivity contribution < 1.29 is 13.9 Å². The number of hydrogen-bond acceptors (Lipinski definition) is 3. The van der Waals surface area contributed by atoms with Crippen LogP contribution in [0.5, 0.6) is 0 Å². The third kappa shape index (κ3) is 3.95. The molecule has 4 heteroatoms. The molecular formula is C19H31O3P. The maximum Gasteiger partial charge on any atom is 0.238 e. The Morgan fingerprint density at radius 2 is 1.91 bits per heavy atom. The van der Waals surface area contributed by atoms with Gasteiger partial charge in [-0.2, -0.15) is 0 Å². The lowest BCUT2D eigenvalue weighted by molar-refractivity contribution is -0.121. The van der Waals surface area contributed by atoms with Gasteiger partial charge < -0.3 is 4.52 Å². The third-order valence-corrected chi connectivity index (χ3v) is 8.87. The number of rotatable bonds is 9. The van der Waals surface area contributed by atoms with Crippen LogP contribution in [0.1, 0.15) is 59.4 Å². The van der Waals surface area contributed by atoms with Crippen molar-refractivity contribution in [3.63, 3.8) is 0 Å². The van der Waals surface area contributed by atoms with Gasteiger partial charge >= 0.3 is 0 Å². The molecular weight excluding hydrogens is 307 g/mol. The molecule has 0 aromatic heterocycles. The van der Waals surface area contributed by atoms with Crippen LogP contribution in [0.25, 0.3) is 0 Å². The Morgan fingerprint density at radius 3 is 2.39 bits per heavy atom. The first-order valence-corrected chi connectivity index (χ1v) is 10.2. The Labute approximate surface area is 141 Å². The van der Waals surface area contributed by atoms with E-state index >= 15 is 0 Å². The molecule has 0 saturated heterocycles. The normalized spacial score (nSPS) is 18.0. The average molecular weight is 338 g/mol. The van der Waals surface area contributed by atoms with Gasteiger partial charge in [0.25, 0.3) is 0 Å². The Morgan fingerprint density at radius 1 is 1.30 bits per heavy atom. The molecule has 0 saturated carbocycles. The second-order valence-electron chi connectivity index (χ2n) is 6.57. The molecule has 0 N–H and O–H groups in total. The third-order valence-electron chi connectivity index (χ3n) is 5.13. The topological polar surface area (TPSA) is 43.4 Å². The molecule has 3 nitrogen and oxygen atoms in total. The molecule has 23 heavy (non-hydrogen) atoms. The summed E-state index contributed by atoms with van der Waals surface area (Å²) < 4.78 is 20.2. The van der Waals surface area contributed by atoms with Crippen molar-refractivity contribution in [3.05, 3.63) is 29.8 Å². The van der Waals surface area contributed by atoms with Gasteiger partial charge in [0.2, 0.25) is 7.37 Å². The SMILES string of the molecule is CCCCOP(=O)(c1ccccc1C)C(C)(CC)C(C)C(C)=O. The summed E-state index contributed by atoms with van der Waals surface area (Å²) in [5.41, 5.74) is 0.961. The Bertz CT molecular complexity index is 582. The van der Waals surface area contributed by atoms with Crippen LogP contribution in [0.4, 0.5) is 0 Å². The summed E-state index contributed by atoms with van der Waals surface area (Å²) in [6, 6.07) is 7.68. The molecule has 3 unspecified atom stereocenters. The van der Waals surface area contributed by atoms with E-state index in [2.05, 4.69) is 6.92 Å². The van der Waals surface area contributed by atoms with Gasteiger partial charge in [-0.15, -0.1) is 0 Å². The zero-order valence-corrected chi connectivity index (χ0v) is 16.3. The minimum atomic E-state index is -3.19. The zero-order valence-electron chi connectivity index (χ0n) is 15.4. The van der Waals surface area contributed by atoms with Gasteiger partial charge in [-0.3, -0.25) is 9.36 Å². The minimum Gasteiger partial charge on any atom is -0.325 e. The molecule has 0 fully saturated rings. The number of Topliss-reactive ketones (excluding diaryl/α,β-unsaturated/α-hetero) is 1. The average Bonchev–Trinajstić information content (AvgIpc) is 2.53. The monoisotopic (exact) mass is 338 g/mol. The molecule has 0 aliphatic rings. The quantitative estimate of drug-likeness (QED) is 0.464. The van der Waals surface area contributed by atoms with Gasteiger partial charge in [0, 0.05) is 11.2 Å². The fraction of sp³-hybridized carbons (Fsp3) is 0.632. The highest BCUT2D eigenvalue weighted by molar-refractivity contribution is 7.68. The lowest BCUT2D eigenvalue weighted by Gasteiger charge is -2.41. The van der Waals surface area contributed by atoms with Gasteiger partial charge in [0.1, 0.15) is 5.78 Å². The van der Waals surface area contributed by atoms with E-state index in [1.165, 1.54) is 0 Å². The van der Waals surface area contributed by atoms with Crippen molar-refractivity contribution in [3.8, 4) is 0 Å². The molecule has 1 rings (SSSR count). The minimum absolute atomic E-state index is 0.0576. The van der Waals surface area contributed by atoms with Crippen LogP contribution in [-0.4, -0.2) is 17.5 Å². The highest BCUT2D eigenvalue weighted by Gasteiger charge is 2.51. The van der Waals surface area contributed by atoms with Gasteiger partial charge in [-0.1, -0.05) is 45.4 Å². The number of aryl methyl sites for hydroxylation is 1. The van der Waals surface area contributed by atoms with Gasteiger partial charge in [-0.05, 0) is 45.2 Å². The van der Waals surface area contributed by atoms with E-state index in [9.17, 15) is 9.36 Å². The van der Waals surface area contributed by atoms with E-state index in [1.807, 2.05) is 52.0 Å². The fourth-order valence-electron chi connectivity index (χ4n) is 2.93. The van der Waals surface area contributed by atoms with Crippen LogP contribution < -0.4 is 5.30 Å². The maximum atomic E-state index is 14.1. The lowest BCUT2D eigenvalue weighted by Crippen LogP contribution is -2.41. The fourth-order valence-corrected chi connectivity index (χ4v) is 6.23. The molecule has 0 aliphatic heterocycles. The van der Waals surface area contributed by atoms with Crippen LogP contribution in [-0.2, 0) is 13.9 Å². The Balaban J connectivity index is 3.47. The van der Waals surface area contributed by atoms with Crippen LogP contribution in [0.3, 0.4) is 0 Å². The molecule has 1 aromatic rings. The second-order valence-corrected chi connectivity index (χ2v) is 9.43. The molecule has 130 valence electrons. The summed E-state index contributed by atoms with van der Waals surface area (Å²) in [5, 5.41) is 0.0622.